The third-order valence-electron chi connectivity index (χ3n) is 4.92. The summed E-state index contributed by atoms with van der Waals surface area (Å²) in [5.74, 6) is -1.87. The number of carbonyl (C=O) groups is 1. The summed E-state index contributed by atoms with van der Waals surface area (Å²) in [5.41, 5.74) is 3.07. The van der Waals surface area contributed by atoms with E-state index in [0.29, 0.717) is 17.2 Å². The lowest BCUT2D eigenvalue weighted by Gasteiger charge is -2.27. The van der Waals surface area contributed by atoms with E-state index in [1.165, 1.54) is 37.8 Å². The van der Waals surface area contributed by atoms with Gasteiger partial charge in [-0.2, -0.15) is 13.2 Å². The lowest BCUT2D eigenvalue weighted by atomic mass is 9.81. The molecule has 0 saturated heterocycles. The number of nitrogens with zero attached hydrogens (tertiary/aromatic N) is 3. The van der Waals surface area contributed by atoms with Crippen LogP contribution in [0.25, 0.3) is 11.1 Å². The summed E-state index contributed by atoms with van der Waals surface area (Å²) >= 11 is 0. The van der Waals surface area contributed by atoms with Gasteiger partial charge in [-0.05, 0) is 41.5 Å². The summed E-state index contributed by atoms with van der Waals surface area (Å²) in [4.78, 5) is 21.6. The van der Waals surface area contributed by atoms with Crippen molar-refractivity contribution < 1.29 is 26.8 Å². The number of pyridine rings is 1. The summed E-state index contributed by atoms with van der Waals surface area (Å²) < 4.78 is 59.8. The first-order chi connectivity index (χ1) is 14.1. The number of alkyl halides is 3. The Morgan fingerprint density at radius 3 is 2.50 bits per heavy atom. The molecule has 3 aromatic rings. The number of likely N-dealkylation sites (N-methyl/N-ethyl adjacent to an activating group) is 1. The lowest BCUT2D eigenvalue weighted by molar-refractivity contribution is -0.141. The molecule has 1 aliphatic heterocycles. The quantitative estimate of drug-likeness (QED) is 0.660. The van der Waals surface area contributed by atoms with Gasteiger partial charge in [-0.3, -0.25) is 14.7 Å². The average Bonchev–Trinajstić information content (AvgIpc) is 3.32. The molecule has 6 nitrogen and oxygen atoms in total. The second-order valence-electron chi connectivity index (χ2n) is 6.68. The van der Waals surface area contributed by atoms with Crippen molar-refractivity contribution >= 4 is 11.9 Å². The smallest absolute Gasteiger partial charge is 0.433 e. The molecule has 3 heterocycles. The number of aromatic nitrogens is 1. The molecule has 1 atom stereocenters. The molecule has 4 rings (SSSR count). The molecule has 2 N–H and O–H groups in total. The molecule has 2 aromatic heterocycles. The van der Waals surface area contributed by atoms with Gasteiger partial charge in [-0.25, -0.2) is 9.38 Å². The molecule has 1 aromatic carbocycles. The first-order valence-corrected chi connectivity index (χ1v) is 8.64. The van der Waals surface area contributed by atoms with Gasteiger partial charge in [0.2, 0.25) is 0 Å². The van der Waals surface area contributed by atoms with Crippen LogP contribution < -0.4 is 5.73 Å². The average molecular weight is 418 g/mol. The number of rotatable bonds is 3. The number of furan rings is 1. The second kappa shape index (κ2) is 6.68. The van der Waals surface area contributed by atoms with Crippen LogP contribution in [0, 0.1) is 5.82 Å². The van der Waals surface area contributed by atoms with E-state index in [1.807, 2.05) is 0 Å². The zero-order chi connectivity index (χ0) is 21.7. The lowest BCUT2D eigenvalue weighted by Crippen LogP contribution is -2.41. The number of aliphatic imine (C=N–C) groups is 1. The van der Waals surface area contributed by atoms with E-state index in [0.717, 1.165) is 17.2 Å². The zero-order valence-corrected chi connectivity index (χ0v) is 15.4. The fraction of sp³-hybridized carbons (Fsp3) is 0.150. The predicted octanol–water partition coefficient (Wildman–Crippen LogP) is 3.53. The molecule has 154 valence electrons. The number of halogens is 4. The van der Waals surface area contributed by atoms with E-state index < -0.39 is 29.1 Å². The zero-order valence-electron chi connectivity index (χ0n) is 15.4. The van der Waals surface area contributed by atoms with Gasteiger partial charge in [-0.1, -0.05) is 6.07 Å². The number of hydrogen-bond acceptors (Lipinski definition) is 5. The van der Waals surface area contributed by atoms with Gasteiger partial charge in [-0.15, -0.1) is 0 Å². The highest BCUT2D eigenvalue weighted by atomic mass is 19.4. The Morgan fingerprint density at radius 2 is 1.90 bits per heavy atom. The number of benzene rings is 1. The Hall–Kier alpha value is -3.69. The molecule has 0 fully saturated rings. The second-order valence-corrected chi connectivity index (χ2v) is 6.68. The van der Waals surface area contributed by atoms with Crippen LogP contribution in [0.5, 0.6) is 0 Å². The number of nitrogens with two attached hydrogens (primary N) is 1. The van der Waals surface area contributed by atoms with E-state index in [4.69, 9.17) is 10.2 Å². The Bertz CT molecular complexity index is 1160. The van der Waals surface area contributed by atoms with Crippen LogP contribution in [0.15, 0.2) is 64.5 Å². The molecule has 1 amide bonds. The van der Waals surface area contributed by atoms with Crippen LogP contribution in [0.4, 0.5) is 17.6 Å². The molecule has 0 bridgehead atoms. The highest BCUT2D eigenvalue weighted by Crippen LogP contribution is 2.43. The van der Waals surface area contributed by atoms with Crippen LogP contribution >= 0.6 is 0 Å². The van der Waals surface area contributed by atoms with E-state index in [1.54, 1.807) is 6.07 Å². The van der Waals surface area contributed by atoms with Crippen LogP contribution in [0.2, 0.25) is 0 Å². The van der Waals surface area contributed by atoms with Gasteiger partial charge in [0, 0.05) is 24.4 Å². The topological polar surface area (TPSA) is 84.7 Å². The van der Waals surface area contributed by atoms with E-state index in [-0.39, 0.29) is 17.1 Å². The number of carbonyl (C=O) groups excluding carboxylic acids is 1. The molecule has 1 aliphatic rings. The van der Waals surface area contributed by atoms with Crippen molar-refractivity contribution in [2.75, 3.05) is 7.05 Å². The summed E-state index contributed by atoms with van der Waals surface area (Å²) in [6.07, 6.45) is -1.04. The predicted molar refractivity (Wildman–Crippen MR) is 98.5 cm³/mol. The Balaban J connectivity index is 2.01. The van der Waals surface area contributed by atoms with Crippen molar-refractivity contribution in [1.82, 2.24) is 9.88 Å². The van der Waals surface area contributed by atoms with Crippen molar-refractivity contribution in [3.05, 3.63) is 77.8 Å². The van der Waals surface area contributed by atoms with Crippen LogP contribution in [-0.4, -0.2) is 28.8 Å². The number of hydrogen-bond donors (Lipinski definition) is 1. The minimum absolute atomic E-state index is 0.203. The molecular formula is C20H14F4N4O2. The van der Waals surface area contributed by atoms with Gasteiger partial charge in [0.05, 0.1) is 12.5 Å². The van der Waals surface area contributed by atoms with Crippen molar-refractivity contribution in [2.24, 2.45) is 10.7 Å². The molecule has 0 spiro atoms. The van der Waals surface area contributed by atoms with Crippen molar-refractivity contribution in [3.63, 3.8) is 0 Å². The van der Waals surface area contributed by atoms with Crippen LogP contribution in [-0.2, 0) is 16.5 Å². The first-order valence-electron chi connectivity index (χ1n) is 8.64. The Labute approximate surface area is 167 Å². The normalized spacial score (nSPS) is 19.3. The minimum atomic E-state index is -4.77. The first kappa shape index (κ1) is 19.6. The molecule has 30 heavy (non-hydrogen) atoms. The molecule has 1 unspecified atom stereocenters. The van der Waals surface area contributed by atoms with Crippen molar-refractivity contribution in [3.8, 4) is 11.1 Å². The van der Waals surface area contributed by atoms with E-state index >= 15 is 4.39 Å². The largest absolute Gasteiger partial charge is 0.472 e. The third kappa shape index (κ3) is 2.92. The van der Waals surface area contributed by atoms with Crippen molar-refractivity contribution in [2.45, 2.75) is 11.7 Å². The fourth-order valence-electron chi connectivity index (χ4n) is 3.38. The third-order valence-corrected chi connectivity index (χ3v) is 4.92. The summed E-state index contributed by atoms with van der Waals surface area (Å²) in [7, 11) is 1.31. The molecule has 10 heteroatoms. The van der Waals surface area contributed by atoms with Gasteiger partial charge in [0.15, 0.2) is 11.5 Å². The number of amides is 1. The number of guanidine groups is 1. The maximum Gasteiger partial charge on any atom is 0.433 e. The standard InChI is InChI=1S/C20H14F4N4O2/c1-28-17(29)19(27-18(28)25,13-4-6-26-16(9-13)20(22,23)24)14-8-11(2-3-15(14)21)12-5-7-30-10-12/h2-10H,1H3,(H2,25,27). The van der Waals surface area contributed by atoms with E-state index in [9.17, 15) is 18.0 Å². The van der Waals surface area contributed by atoms with Gasteiger partial charge in [0.1, 0.15) is 11.5 Å². The van der Waals surface area contributed by atoms with Crippen LogP contribution in [0.1, 0.15) is 16.8 Å². The molecular weight excluding hydrogens is 404 g/mol. The maximum absolute atomic E-state index is 15.0. The summed E-state index contributed by atoms with van der Waals surface area (Å²) in [6.45, 7) is 0. The highest BCUT2D eigenvalue weighted by Gasteiger charge is 2.52. The maximum atomic E-state index is 15.0. The van der Waals surface area contributed by atoms with Gasteiger partial charge in [0.25, 0.3) is 5.91 Å². The van der Waals surface area contributed by atoms with E-state index in [2.05, 4.69) is 9.98 Å². The van der Waals surface area contributed by atoms with Gasteiger partial charge >= 0.3 is 6.18 Å². The monoisotopic (exact) mass is 418 g/mol. The van der Waals surface area contributed by atoms with Crippen molar-refractivity contribution in [1.29, 1.82) is 0 Å². The molecule has 0 saturated carbocycles. The highest BCUT2D eigenvalue weighted by molar-refractivity contribution is 6.09. The van der Waals surface area contributed by atoms with Gasteiger partial charge < -0.3 is 10.2 Å². The summed E-state index contributed by atoms with van der Waals surface area (Å²) in [6, 6.07) is 7.41. The molecule has 0 aliphatic carbocycles. The summed E-state index contributed by atoms with van der Waals surface area (Å²) in [5, 5.41) is 0. The SMILES string of the molecule is CN1C(=O)C(c2ccnc(C(F)(F)F)c2)(c2cc(-c3ccoc3)ccc2F)N=C1N. The molecule has 0 radical (unpaired) electrons. The van der Waals surface area contributed by atoms with Crippen LogP contribution in [0.3, 0.4) is 0 Å². The fourth-order valence-corrected chi connectivity index (χ4v) is 3.38. The minimum Gasteiger partial charge on any atom is -0.472 e. The Morgan fingerprint density at radius 1 is 1.13 bits per heavy atom. The Kier molecular flexibility index (Phi) is 4.37.